The van der Waals surface area contributed by atoms with Gasteiger partial charge in [-0.15, -0.1) is 0 Å². The molecule has 3 heterocycles. The minimum Gasteiger partial charge on any atom is -0.327 e. The molecule has 1 N–H and O–H groups in total. The van der Waals surface area contributed by atoms with Crippen molar-refractivity contribution in [2.75, 3.05) is 32.7 Å². The summed E-state index contributed by atoms with van der Waals surface area (Å²) >= 11 is 0. The summed E-state index contributed by atoms with van der Waals surface area (Å²) in [5.41, 5.74) is 4.17. The first-order valence-electron chi connectivity index (χ1n) is 14.4. The molecule has 0 bridgehead atoms. The average molecular weight is 536 g/mol. The fraction of sp³-hybridized carbons (Fsp3) is 0.333. The molecule has 0 unspecified atom stereocenters. The predicted molar refractivity (Wildman–Crippen MR) is 159 cm³/mol. The van der Waals surface area contributed by atoms with Crippen molar-refractivity contribution in [3.05, 3.63) is 119 Å². The Bertz CT molecular complexity index is 1470. The minimum atomic E-state index is -0.218. The number of nitrogens with zero attached hydrogens (tertiary/aromatic N) is 4. The van der Waals surface area contributed by atoms with Crippen LogP contribution in [0.5, 0.6) is 0 Å². The van der Waals surface area contributed by atoms with E-state index < -0.39 is 0 Å². The van der Waals surface area contributed by atoms with Crippen molar-refractivity contribution in [1.82, 2.24) is 24.3 Å². The van der Waals surface area contributed by atoms with Gasteiger partial charge in [0, 0.05) is 45.3 Å². The van der Waals surface area contributed by atoms with Crippen molar-refractivity contribution in [2.24, 2.45) is 0 Å². The number of urea groups is 1. The third-order valence-corrected chi connectivity index (χ3v) is 8.27. The van der Waals surface area contributed by atoms with Gasteiger partial charge in [0.1, 0.15) is 0 Å². The molecule has 0 radical (unpaired) electrons. The van der Waals surface area contributed by atoms with Crippen molar-refractivity contribution < 1.29 is 4.79 Å². The third kappa shape index (κ3) is 5.47. The first-order chi connectivity index (χ1) is 19.7. The molecule has 6 rings (SSSR count). The number of imidazole rings is 1. The number of hydrogen-bond donors (Lipinski definition) is 1. The van der Waals surface area contributed by atoms with Gasteiger partial charge in [-0.3, -0.25) is 14.0 Å². The number of hydrogen-bond acceptors (Lipinski definition) is 3. The number of amides is 2. The van der Waals surface area contributed by atoms with E-state index in [4.69, 9.17) is 0 Å². The average Bonchev–Trinajstić information content (AvgIpc) is 3.63. The maximum absolute atomic E-state index is 13.7. The van der Waals surface area contributed by atoms with Crippen molar-refractivity contribution >= 4 is 17.1 Å². The number of carbonyl (C=O) groups excluding carboxylic acids is 1. The molecule has 4 aromatic rings. The number of benzene rings is 3. The van der Waals surface area contributed by atoms with Crippen LogP contribution in [0, 0.1) is 0 Å². The van der Waals surface area contributed by atoms with Gasteiger partial charge in [-0.25, -0.2) is 9.59 Å². The monoisotopic (exact) mass is 535 g/mol. The zero-order valence-electron chi connectivity index (χ0n) is 22.9. The molecule has 0 spiro atoms. The Kier molecular flexibility index (Phi) is 7.82. The van der Waals surface area contributed by atoms with Gasteiger partial charge in [0.05, 0.1) is 17.1 Å². The lowest BCUT2D eigenvalue weighted by atomic mass is 9.99. The summed E-state index contributed by atoms with van der Waals surface area (Å²) in [4.78, 5) is 31.4. The maximum atomic E-state index is 13.7. The van der Waals surface area contributed by atoms with Gasteiger partial charge in [-0.1, -0.05) is 84.9 Å². The highest BCUT2D eigenvalue weighted by molar-refractivity contribution is 5.77. The summed E-state index contributed by atoms with van der Waals surface area (Å²) in [5, 5.41) is 3.27. The topological polar surface area (TPSA) is 62.5 Å². The Morgan fingerprint density at radius 2 is 1.35 bits per heavy atom. The van der Waals surface area contributed by atoms with Crippen LogP contribution < -0.4 is 11.0 Å². The van der Waals surface area contributed by atoms with Crippen molar-refractivity contribution in [2.45, 2.75) is 37.9 Å². The standard InChI is InChI=1S/C33H37N5O2/c39-32(34-31(26-12-3-1-4-13-26)27-14-5-2-6-15-27)36-24-18-28(19-25-36)38-30-17-8-7-16-29(30)37(33(38)40)23-11-22-35-20-9-10-21-35/h1-10,12-17,28,31H,11,18-25H2,(H,34,39). The smallest absolute Gasteiger partial charge is 0.327 e. The molecule has 1 saturated heterocycles. The summed E-state index contributed by atoms with van der Waals surface area (Å²) in [7, 11) is 0. The molecular formula is C33H37N5O2. The summed E-state index contributed by atoms with van der Waals surface area (Å²) in [5.74, 6) is 0. The van der Waals surface area contributed by atoms with Gasteiger partial charge in [0.25, 0.3) is 0 Å². The first-order valence-corrected chi connectivity index (χ1v) is 14.4. The third-order valence-electron chi connectivity index (χ3n) is 8.27. The molecule has 2 aliphatic rings. The Labute approximate surface area is 235 Å². The number of rotatable bonds is 8. The van der Waals surface area contributed by atoms with Gasteiger partial charge in [0.15, 0.2) is 0 Å². The maximum Gasteiger partial charge on any atom is 0.329 e. The first kappa shape index (κ1) is 26.1. The lowest BCUT2D eigenvalue weighted by molar-refractivity contribution is 0.169. The number of para-hydroxylation sites is 2. The van der Waals surface area contributed by atoms with E-state index in [1.54, 1.807) is 0 Å². The predicted octanol–water partition coefficient (Wildman–Crippen LogP) is 5.20. The van der Waals surface area contributed by atoms with Gasteiger partial charge >= 0.3 is 11.7 Å². The fourth-order valence-corrected chi connectivity index (χ4v) is 6.15. The quantitative estimate of drug-likeness (QED) is 0.316. The summed E-state index contributed by atoms with van der Waals surface area (Å²) < 4.78 is 3.93. The number of carbonyl (C=O) groups is 1. The largest absolute Gasteiger partial charge is 0.329 e. The highest BCUT2D eigenvalue weighted by Crippen LogP contribution is 2.27. The van der Waals surface area contributed by atoms with E-state index in [1.807, 2.05) is 86.8 Å². The lowest BCUT2D eigenvalue weighted by Crippen LogP contribution is -2.46. The van der Waals surface area contributed by atoms with Crippen LogP contribution in [0.15, 0.2) is 102 Å². The SMILES string of the molecule is O=C(NC(c1ccccc1)c1ccccc1)N1CCC(n2c(=O)n(CCCN3CC=CC3)c3ccccc32)CC1. The Morgan fingerprint density at radius 3 is 1.98 bits per heavy atom. The minimum absolute atomic E-state index is 0.0665. The molecule has 1 fully saturated rings. The summed E-state index contributed by atoms with van der Waals surface area (Å²) in [6.07, 6.45) is 6.85. The van der Waals surface area contributed by atoms with Gasteiger partial charge in [-0.05, 0) is 42.5 Å². The highest BCUT2D eigenvalue weighted by Gasteiger charge is 2.28. The van der Waals surface area contributed by atoms with Gasteiger partial charge in [0.2, 0.25) is 0 Å². The van der Waals surface area contributed by atoms with E-state index in [2.05, 4.69) is 34.5 Å². The molecule has 3 aromatic carbocycles. The van der Waals surface area contributed by atoms with Gasteiger partial charge < -0.3 is 10.2 Å². The second-order valence-electron chi connectivity index (χ2n) is 10.8. The number of aryl methyl sites for hydroxylation is 1. The summed E-state index contributed by atoms with van der Waals surface area (Å²) in [6.45, 7) is 4.92. The zero-order chi connectivity index (χ0) is 27.3. The number of aromatic nitrogens is 2. The molecule has 2 aliphatic heterocycles. The lowest BCUT2D eigenvalue weighted by Gasteiger charge is -2.34. The molecule has 1 aromatic heterocycles. The normalized spacial score (nSPS) is 16.3. The molecule has 7 nitrogen and oxygen atoms in total. The van der Waals surface area contributed by atoms with Crippen LogP contribution in [-0.2, 0) is 6.54 Å². The number of piperidine rings is 1. The molecule has 2 amide bonds. The zero-order valence-corrected chi connectivity index (χ0v) is 22.9. The molecular weight excluding hydrogens is 498 g/mol. The van der Waals surface area contributed by atoms with Crippen LogP contribution in [0.4, 0.5) is 4.79 Å². The van der Waals surface area contributed by atoms with E-state index in [-0.39, 0.29) is 23.8 Å². The number of fused-ring (bicyclic) bond motifs is 1. The molecule has 0 saturated carbocycles. The molecule has 0 aliphatic carbocycles. The molecule has 206 valence electrons. The Hall–Kier alpha value is -4.10. The van der Waals surface area contributed by atoms with Crippen LogP contribution in [0.3, 0.4) is 0 Å². The summed E-state index contributed by atoms with van der Waals surface area (Å²) in [6, 6.07) is 28.1. The van der Waals surface area contributed by atoms with Crippen molar-refractivity contribution in [3.63, 3.8) is 0 Å². The van der Waals surface area contributed by atoms with Crippen LogP contribution in [0.2, 0.25) is 0 Å². The highest BCUT2D eigenvalue weighted by atomic mass is 16.2. The van der Waals surface area contributed by atoms with Crippen LogP contribution in [0.25, 0.3) is 11.0 Å². The number of likely N-dealkylation sites (tertiary alicyclic amines) is 1. The number of nitrogens with one attached hydrogen (secondary N) is 1. The molecule has 0 atom stereocenters. The Morgan fingerprint density at radius 1 is 0.775 bits per heavy atom. The molecule has 40 heavy (non-hydrogen) atoms. The van der Waals surface area contributed by atoms with Crippen LogP contribution in [0.1, 0.15) is 42.5 Å². The van der Waals surface area contributed by atoms with Crippen molar-refractivity contribution in [3.8, 4) is 0 Å². The van der Waals surface area contributed by atoms with E-state index in [9.17, 15) is 9.59 Å². The van der Waals surface area contributed by atoms with Crippen molar-refractivity contribution in [1.29, 1.82) is 0 Å². The van der Waals surface area contributed by atoms with Gasteiger partial charge in [-0.2, -0.15) is 0 Å². The van der Waals surface area contributed by atoms with Crippen LogP contribution >= 0.6 is 0 Å². The van der Waals surface area contributed by atoms with E-state index in [0.717, 1.165) is 61.1 Å². The molecule has 7 heteroatoms. The Balaban J connectivity index is 1.14. The van der Waals surface area contributed by atoms with E-state index in [0.29, 0.717) is 19.6 Å². The van der Waals surface area contributed by atoms with Crippen LogP contribution in [-0.4, -0.2) is 57.7 Å². The van der Waals surface area contributed by atoms with E-state index in [1.165, 1.54) is 0 Å². The second-order valence-corrected chi connectivity index (χ2v) is 10.8. The fourth-order valence-electron chi connectivity index (χ4n) is 6.15. The second kappa shape index (κ2) is 12.0. The van der Waals surface area contributed by atoms with E-state index >= 15 is 0 Å².